The van der Waals surface area contributed by atoms with Crippen LogP contribution in [-0.4, -0.2) is 4.98 Å². The van der Waals surface area contributed by atoms with Gasteiger partial charge in [0.25, 0.3) is 0 Å². The normalized spacial score (nSPS) is 12.8. The van der Waals surface area contributed by atoms with Gasteiger partial charge in [0.15, 0.2) is 0 Å². The molecular formula is C41H26N2. The number of hydrogen-bond donors (Lipinski definition) is 0. The van der Waals surface area contributed by atoms with Crippen LogP contribution in [0.4, 0.5) is 0 Å². The highest BCUT2D eigenvalue weighted by atomic mass is 14.6. The number of pyridine rings is 1. The number of nitrogens with zero attached hydrogens (tertiary/aromatic N) is 2. The number of rotatable bonds is 4. The van der Waals surface area contributed by atoms with Crippen molar-refractivity contribution in [3.63, 3.8) is 0 Å². The zero-order valence-corrected chi connectivity index (χ0v) is 23.4. The van der Waals surface area contributed by atoms with Gasteiger partial charge in [-0.1, -0.05) is 133 Å². The number of benzene rings is 6. The van der Waals surface area contributed by atoms with Crippen LogP contribution < -0.4 is 0 Å². The van der Waals surface area contributed by atoms with Gasteiger partial charge in [0.05, 0.1) is 11.0 Å². The fraction of sp³-hybridized carbons (Fsp3) is 0.0244. The second kappa shape index (κ2) is 9.94. The maximum absolute atomic E-state index is 9.36. The fourth-order valence-electron chi connectivity index (χ4n) is 7.04. The van der Waals surface area contributed by atoms with Gasteiger partial charge in [0.2, 0.25) is 0 Å². The summed E-state index contributed by atoms with van der Waals surface area (Å²) in [7, 11) is 0. The van der Waals surface area contributed by atoms with Crippen LogP contribution in [0.25, 0.3) is 44.2 Å². The summed E-state index contributed by atoms with van der Waals surface area (Å²) in [4.78, 5) is 4.26. The Bertz CT molecular complexity index is 2130. The van der Waals surface area contributed by atoms with E-state index in [0.29, 0.717) is 5.56 Å². The first kappa shape index (κ1) is 25.0. The third kappa shape index (κ3) is 3.76. The second-order valence-electron chi connectivity index (χ2n) is 11.1. The van der Waals surface area contributed by atoms with E-state index in [1.165, 1.54) is 49.7 Å². The Balaban J connectivity index is 1.43. The summed E-state index contributed by atoms with van der Waals surface area (Å²) in [5.41, 5.74) is 12.1. The third-order valence-corrected chi connectivity index (χ3v) is 8.86. The molecule has 0 fully saturated rings. The molecule has 0 N–H and O–H groups in total. The minimum atomic E-state index is -0.462. The zero-order chi connectivity index (χ0) is 28.8. The van der Waals surface area contributed by atoms with E-state index in [-0.39, 0.29) is 0 Å². The molecule has 1 aliphatic carbocycles. The van der Waals surface area contributed by atoms with Crippen molar-refractivity contribution < 1.29 is 0 Å². The molecule has 8 rings (SSSR count). The van der Waals surface area contributed by atoms with Crippen molar-refractivity contribution in [1.82, 2.24) is 4.98 Å². The Kier molecular flexibility index (Phi) is 5.77. The van der Waals surface area contributed by atoms with Gasteiger partial charge in [-0.3, -0.25) is 4.98 Å². The predicted molar refractivity (Wildman–Crippen MR) is 175 cm³/mol. The largest absolute Gasteiger partial charge is 0.263 e. The molecule has 1 heterocycles. The molecule has 0 atom stereocenters. The minimum Gasteiger partial charge on any atom is -0.263 e. The van der Waals surface area contributed by atoms with Gasteiger partial charge >= 0.3 is 0 Å². The van der Waals surface area contributed by atoms with Crippen molar-refractivity contribution >= 4 is 10.8 Å². The lowest BCUT2D eigenvalue weighted by Gasteiger charge is -2.34. The van der Waals surface area contributed by atoms with Crippen LogP contribution in [0.1, 0.15) is 27.8 Å². The predicted octanol–water partition coefficient (Wildman–Crippen LogP) is 9.80. The van der Waals surface area contributed by atoms with E-state index >= 15 is 0 Å². The molecule has 2 nitrogen and oxygen atoms in total. The van der Waals surface area contributed by atoms with Crippen molar-refractivity contribution in [2.45, 2.75) is 5.41 Å². The first-order chi connectivity index (χ1) is 21.3. The van der Waals surface area contributed by atoms with Crippen molar-refractivity contribution in [3.8, 4) is 39.4 Å². The molecule has 7 aromatic rings. The van der Waals surface area contributed by atoms with E-state index < -0.39 is 5.41 Å². The van der Waals surface area contributed by atoms with Gasteiger partial charge < -0.3 is 0 Å². The van der Waals surface area contributed by atoms with E-state index in [1.54, 1.807) is 6.20 Å². The lowest BCUT2D eigenvalue weighted by Crippen LogP contribution is -2.28. The van der Waals surface area contributed by atoms with Gasteiger partial charge in [-0.15, -0.1) is 0 Å². The molecule has 1 aromatic heterocycles. The molecule has 200 valence electrons. The van der Waals surface area contributed by atoms with Crippen molar-refractivity contribution in [2.24, 2.45) is 0 Å². The van der Waals surface area contributed by atoms with E-state index in [9.17, 15) is 5.26 Å². The Morgan fingerprint density at radius 3 is 1.79 bits per heavy atom. The highest BCUT2D eigenvalue weighted by molar-refractivity contribution is 6.10. The van der Waals surface area contributed by atoms with Crippen LogP contribution in [0, 0.1) is 11.3 Å². The lowest BCUT2D eigenvalue weighted by atomic mass is 9.67. The summed E-state index contributed by atoms with van der Waals surface area (Å²) in [5.74, 6) is 0. The van der Waals surface area contributed by atoms with Crippen LogP contribution >= 0.6 is 0 Å². The van der Waals surface area contributed by atoms with Crippen LogP contribution in [0.2, 0.25) is 0 Å². The topological polar surface area (TPSA) is 36.7 Å². The summed E-state index contributed by atoms with van der Waals surface area (Å²) in [6, 6.07) is 54.8. The van der Waals surface area contributed by atoms with Crippen LogP contribution in [0.15, 0.2) is 158 Å². The lowest BCUT2D eigenvalue weighted by molar-refractivity contribution is 0.769. The Hall–Kier alpha value is -5.78. The van der Waals surface area contributed by atoms with Crippen molar-refractivity contribution in [2.75, 3.05) is 0 Å². The molecule has 2 heteroatoms. The summed E-state index contributed by atoms with van der Waals surface area (Å²) in [6.45, 7) is 0. The molecule has 43 heavy (non-hydrogen) atoms. The fourth-order valence-corrected chi connectivity index (χ4v) is 7.04. The van der Waals surface area contributed by atoms with Gasteiger partial charge in [-0.2, -0.15) is 5.26 Å². The van der Waals surface area contributed by atoms with E-state index in [4.69, 9.17) is 0 Å². The minimum absolute atomic E-state index is 0.462. The molecule has 0 unspecified atom stereocenters. The van der Waals surface area contributed by atoms with Crippen LogP contribution in [0.3, 0.4) is 0 Å². The van der Waals surface area contributed by atoms with Crippen molar-refractivity contribution in [3.05, 3.63) is 186 Å². The molecular weight excluding hydrogens is 520 g/mol. The number of aromatic nitrogens is 1. The van der Waals surface area contributed by atoms with Gasteiger partial charge in [-0.05, 0) is 73.0 Å². The van der Waals surface area contributed by atoms with E-state index in [1.807, 2.05) is 12.3 Å². The molecule has 6 aromatic carbocycles. The Morgan fingerprint density at radius 2 is 1.09 bits per heavy atom. The highest BCUT2D eigenvalue weighted by Gasteiger charge is 2.46. The van der Waals surface area contributed by atoms with Crippen LogP contribution in [0.5, 0.6) is 0 Å². The molecule has 0 amide bonds. The summed E-state index contributed by atoms with van der Waals surface area (Å²) in [6.07, 6.45) is 3.41. The second-order valence-corrected chi connectivity index (χ2v) is 11.1. The first-order valence-electron chi connectivity index (χ1n) is 14.5. The molecule has 0 bridgehead atoms. The van der Waals surface area contributed by atoms with Gasteiger partial charge in [0.1, 0.15) is 6.07 Å². The Morgan fingerprint density at radius 1 is 0.488 bits per heavy atom. The van der Waals surface area contributed by atoms with E-state index in [0.717, 1.165) is 16.7 Å². The number of fused-ring (bicyclic) bond motifs is 5. The third-order valence-electron chi connectivity index (χ3n) is 8.86. The average Bonchev–Trinajstić information content (AvgIpc) is 3.40. The molecule has 0 saturated heterocycles. The van der Waals surface area contributed by atoms with E-state index in [2.05, 4.69) is 151 Å². The molecule has 0 saturated carbocycles. The maximum atomic E-state index is 9.36. The zero-order valence-electron chi connectivity index (χ0n) is 23.4. The number of hydrogen-bond acceptors (Lipinski definition) is 2. The molecule has 1 aliphatic rings. The first-order valence-corrected chi connectivity index (χ1v) is 14.5. The average molecular weight is 547 g/mol. The van der Waals surface area contributed by atoms with Crippen molar-refractivity contribution in [1.29, 1.82) is 5.26 Å². The quantitative estimate of drug-likeness (QED) is 0.220. The van der Waals surface area contributed by atoms with Gasteiger partial charge in [-0.25, -0.2) is 0 Å². The Labute approximate surface area is 251 Å². The summed E-state index contributed by atoms with van der Waals surface area (Å²) < 4.78 is 0. The summed E-state index contributed by atoms with van der Waals surface area (Å²) in [5, 5.41) is 11.8. The standard InChI is InChI=1S/C41H26N2/c42-25-28-23-31(27-43-26-28)29-19-21-30(22-20-29)37-24-39-40(35-16-8-7-15-34(35)37)36-17-9-10-18-38(36)41(39,32-11-3-1-4-12-32)33-13-5-2-6-14-33/h1-24,26-27H. The number of nitriles is 1. The molecule has 0 radical (unpaired) electrons. The molecule has 0 aliphatic heterocycles. The maximum Gasteiger partial charge on any atom is 0.101 e. The SMILES string of the molecule is N#Cc1cncc(-c2ccc(-c3cc4c(c5ccccc35)-c3ccccc3C4(c3ccccc3)c3ccccc3)cc2)c1. The van der Waals surface area contributed by atoms with Gasteiger partial charge in [0, 0.05) is 18.0 Å². The highest BCUT2D eigenvalue weighted by Crippen LogP contribution is 2.58. The van der Waals surface area contributed by atoms with Crippen LogP contribution in [-0.2, 0) is 5.41 Å². The monoisotopic (exact) mass is 546 g/mol. The molecule has 0 spiro atoms. The summed E-state index contributed by atoms with van der Waals surface area (Å²) >= 11 is 0. The smallest absolute Gasteiger partial charge is 0.101 e.